The highest BCUT2D eigenvalue weighted by molar-refractivity contribution is 5.76. The van der Waals surface area contributed by atoms with Gasteiger partial charge in [0.2, 0.25) is 0 Å². The molecule has 1 aromatic carbocycles. The number of benzene rings is 1. The molecule has 34 heavy (non-hydrogen) atoms. The number of likely N-dealkylation sites (tertiary alicyclic amines) is 1. The Morgan fingerprint density at radius 1 is 1.12 bits per heavy atom. The van der Waals surface area contributed by atoms with E-state index in [1.807, 2.05) is 23.1 Å². The molecule has 2 aromatic heterocycles. The number of carbonyl (C=O) groups is 1. The first-order chi connectivity index (χ1) is 16.5. The van der Waals surface area contributed by atoms with E-state index >= 15 is 0 Å². The molecule has 1 aliphatic carbocycles. The molecule has 3 aliphatic rings. The summed E-state index contributed by atoms with van der Waals surface area (Å²) in [5, 5.41) is 17.5. The number of nitriles is 1. The van der Waals surface area contributed by atoms with E-state index in [0.717, 1.165) is 62.1 Å². The van der Waals surface area contributed by atoms with Crippen LogP contribution < -0.4 is 11.1 Å². The van der Waals surface area contributed by atoms with E-state index in [2.05, 4.69) is 39.3 Å². The fourth-order valence-corrected chi connectivity index (χ4v) is 5.82. The van der Waals surface area contributed by atoms with E-state index in [0.29, 0.717) is 12.1 Å². The summed E-state index contributed by atoms with van der Waals surface area (Å²) in [6, 6.07) is 16.3. The minimum atomic E-state index is -0.237. The zero-order chi connectivity index (χ0) is 23.3. The van der Waals surface area contributed by atoms with Crippen molar-refractivity contribution in [1.29, 1.82) is 5.26 Å². The van der Waals surface area contributed by atoms with Gasteiger partial charge < -0.3 is 16.0 Å². The Labute approximate surface area is 198 Å². The van der Waals surface area contributed by atoms with Crippen molar-refractivity contribution in [2.24, 2.45) is 0 Å². The number of fused-ring (bicyclic) bond motifs is 2. The van der Waals surface area contributed by atoms with Crippen LogP contribution in [0.25, 0.3) is 11.3 Å². The van der Waals surface area contributed by atoms with Crippen LogP contribution in [0.2, 0.25) is 0 Å². The van der Waals surface area contributed by atoms with Crippen molar-refractivity contribution in [3.05, 3.63) is 65.5 Å². The third-order valence-corrected chi connectivity index (χ3v) is 7.98. The molecule has 2 aliphatic heterocycles. The van der Waals surface area contributed by atoms with Gasteiger partial charge in [0.05, 0.1) is 16.8 Å². The van der Waals surface area contributed by atoms with Gasteiger partial charge in [-0.05, 0) is 49.8 Å². The molecule has 8 nitrogen and oxygen atoms in total. The van der Waals surface area contributed by atoms with Gasteiger partial charge in [-0.25, -0.2) is 9.78 Å². The highest BCUT2D eigenvalue weighted by Crippen LogP contribution is 2.45. The molecule has 2 amide bonds. The lowest BCUT2D eigenvalue weighted by Crippen LogP contribution is -2.54. The largest absolute Gasteiger partial charge is 0.383 e. The zero-order valence-electron chi connectivity index (χ0n) is 19.0. The number of hydrogen-bond donors (Lipinski definition) is 2. The van der Waals surface area contributed by atoms with Crippen molar-refractivity contribution in [2.75, 3.05) is 18.8 Å². The van der Waals surface area contributed by atoms with E-state index in [4.69, 9.17) is 10.8 Å². The summed E-state index contributed by atoms with van der Waals surface area (Å²) in [6.07, 6.45) is 6.67. The predicted octanol–water partition coefficient (Wildman–Crippen LogP) is 3.54. The topological polar surface area (TPSA) is 113 Å². The van der Waals surface area contributed by atoms with Crippen LogP contribution in [-0.2, 0) is 17.5 Å². The Morgan fingerprint density at radius 3 is 2.65 bits per heavy atom. The number of nitrogens with one attached hydrogen (secondary N) is 1. The molecular weight excluding hydrogens is 426 g/mol. The number of aryl methyl sites for hydroxylation is 1. The number of rotatable bonds is 3. The van der Waals surface area contributed by atoms with Crippen LogP contribution in [0.5, 0.6) is 0 Å². The SMILES string of the molecule is N#Cc1cc(-c2cc3n(n2)CC[C@@]32CCN(C(=O)NC3(c4ccccc4)CCC3)C2)cnc1N. The van der Waals surface area contributed by atoms with Gasteiger partial charge in [-0.2, -0.15) is 10.4 Å². The molecule has 8 heteroatoms. The van der Waals surface area contributed by atoms with E-state index in [1.165, 1.54) is 5.56 Å². The molecule has 3 aromatic rings. The summed E-state index contributed by atoms with van der Waals surface area (Å²) in [4.78, 5) is 19.5. The number of urea groups is 1. The molecule has 0 radical (unpaired) electrons. The summed E-state index contributed by atoms with van der Waals surface area (Å²) >= 11 is 0. The number of anilines is 1. The van der Waals surface area contributed by atoms with E-state index in [-0.39, 0.29) is 22.8 Å². The predicted molar refractivity (Wildman–Crippen MR) is 128 cm³/mol. The van der Waals surface area contributed by atoms with Crippen LogP contribution in [0.4, 0.5) is 10.6 Å². The molecular formula is C26H27N7O. The average molecular weight is 454 g/mol. The summed E-state index contributed by atoms with van der Waals surface area (Å²) < 4.78 is 2.05. The quantitative estimate of drug-likeness (QED) is 0.630. The van der Waals surface area contributed by atoms with Crippen molar-refractivity contribution < 1.29 is 4.79 Å². The molecule has 1 saturated carbocycles. The van der Waals surface area contributed by atoms with Gasteiger partial charge in [0.25, 0.3) is 0 Å². The van der Waals surface area contributed by atoms with E-state index in [9.17, 15) is 10.1 Å². The minimum absolute atomic E-state index is 0.0278. The molecule has 1 atom stereocenters. The third-order valence-electron chi connectivity index (χ3n) is 7.98. The first-order valence-corrected chi connectivity index (χ1v) is 11.9. The Bertz CT molecular complexity index is 1300. The number of nitrogen functional groups attached to an aromatic ring is 1. The maximum atomic E-state index is 13.3. The third kappa shape index (κ3) is 3.15. The van der Waals surface area contributed by atoms with Crippen molar-refractivity contribution in [3.8, 4) is 17.3 Å². The van der Waals surface area contributed by atoms with Gasteiger partial charge in [0.15, 0.2) is 0 Å². The first-order valence-electron chi connectivity index (χ1n) is 11.9. The Morgan fingerprint density at radius 2 is 1.91 bits per heavy atom. The van der Waals surface area contributed by atoms with Crippen molar-refractivity contribution >= 4 is 11.8 Å². The van der Waals surface area contributed by atoms with Crippen LogP contribution in [0.15, 0.2) is 48.7 Å². The molecule has 1 spiro atoms. The fourth-order valence-electron chi connectivity index (χ4n) is 5.82. The van der Waals surface area contributed by atoms with Crippen LogP contribution in [0.1, 0.15) is 48.9 Å². The van der Waals surface area contributed by atoms with Gasteiger partial charge in [-0.15, -0.1) is 0 Å². The molecule has 0 unspecified atom stereocenters. The van der Waals surface area contributed by atoms with Crippen LogP contribution in [0.3, 0.4) is 0 Å². The molecule has 172 valence electrons. The Balaban J connectivity index is 1.22. The molecule has 4 heterocycles. The minimum Gasteiger partial charge on any atom is -0.383 e. The zero-order valence-corrected chi connectivity index (χ0v) is 19.0. The van der Waals surface area contributed by atoms with Crippen molar-refractivity contribution in [3.63, 3.8) is 0 Å². The summed E-state index contributed by atoms with van der Waals surface area (Å²) in [5.74, 6) is 0.228. The second-order valence-corrected chi connectivity index (χ2v) is 9.84. The molecule has 1 saturated heterocycles. The number of hydrogen-bond acceptors (Lipinski definition) is 5. The van der Waals surface area contributed by atoms with Gasteiger partial charge in [0, 0.05) is 42.5 Å². The standard InChI is InChI=1S/C26H27N7O/c27-15-18-13-19(16-29-23(18)28)21-14-22-25(10-12-33(22)31-21)9-11-32(17-25)24(34)30-26(7-4-8-26)20-5-2-1-3-6-20/h1-3,5-6,13-14,16H,4,7-12,17H2,(H2,28,29)(H,30,34)/t25-/m1/s1. The highest BCUT2D eigenvalue weighted by Gasteiger charge is 2.48. The number of aromatic nitrogens is 3. The number of nitrogens with two attached hydrogens (primary N) is 1. The Hall–Kier alpha value is -3.86. The second kappa shape index (κ2) is 7.59. The highest BCUT2D eigenvalue weighted by atomic mass is 16.2. The lowest BCUT2D eigenvalue weighted by atomic mass is 9.72. The number of pyridine rings is 1. The smallest absolute Gasteiger partial charge is 0.318 e. The fraction of sp³-hybridized carbons (Fsp3) is 0.385. The average Bonchev–Trinajstić information content (AvgIpc) is 3.54. The summed E-state index contributed by atoms with van der Waals surface area (Å²) in [7, 11) is 0. The molecule has 0 bridgehead atoms. The number of nitrogens with zero attached hydrogens (tertiary/aromatic N) is 5. The lowest BCUT2D eigenvalue weighted by molar-refractivity contribution is 0.154. The number of carbonyl (C=O) groups excluding carboxylic acids is 1. The number of amides is 2. The summed E-state index contributed by atoms with van der Waals surface area (Å²) in [5.41, 5.74) is 9.75. The molecule has 3 N–H and O–H groups in total. The lowest BCUT2D eigenvalue weighted by Gasteiger charge is -2.44. The molecule has 6 rings (SSSR count). The molecule has 2 fully saturated rings. The Kier molecular flexibility index (Phi) is 4.63. The van der Waals surface area contributed by atoms with Crippen LogP contribution in [-0.4, -0.2) is 38.8 Å². The van der Waals surface area contributed by atoms with Gasteiger partial charge in [-0.1, -0.05) is 30.3 Å². The normalized spacial score (nSPS) is 22.3. The van der Waals surface area contributed by atoms with Crippen molar-refractivity contribution in [1.82, 2.24) is 25.0 Å². The maximum Gasteiger partial charge on any atom is 0.318 e. The van der Waals surface area contributed by atoms with E-state index < -0.39 is 0 Å². The van der Waals surface area contributed by atoms with Crippen LogP contribution >= 0.6 is 0 Å². The van der Waals surface area contributed by atoms with Gasteiger partial charge in [0.1, 0.15) is 11.9 Å². The first kappa shape index (κ1) is 20.7. The second-order valence-electron chi connectivity index (χ2n) is 9.84. The van der Waals surface area contributed by atoms with Gasteiger partial charge in [-0.3, -0.25) is 4.68 Å². The monoisotopic (exact) mass is 453 g/mol. The maximum absolute atomic E-state index is 13.3. The summed E-state index contributed by atoms with van der Waals surface area (Å²) in [6.45, 7) is 2.25. The van der Waals surface area contributed by atoms with E-state index in [1.54, 1.807) is 12.3 Å². The van der Waals surface area contributed by atoms with Crippen molar-refractivity contribution in [2.45, 2.75) is 49.6 Å². The van der Waals surface area contributed by atoms with Crippen LogP contribution in [0, 0.1) is 11.3 Å². The van der Waals surface area contributed by atoms with Gasteiger partial charge >= 0.3 is 6.03 Å².